The van der Waals surface area contributed by atoms with Crippen LogP contribution in [0.4, 0.5) is 5.13 Å². The molecule has 0 aliphatic rings. The molecule has 1 heterocycles. The summed E-state index contributed by atoms with van der Waals surface area (Å²) >= 11 is 4.54. The third kappa shape index (κ3) is 3.63. The Bertz CT molecular complexity index is 757. The number of nitrogens with zero attached hydrogens (tertiary/aromatic N) is 1. The van der Waals surface area contributed by atoms with Crippen molar-refractivity contribution in [2.24, 2.45) is 0 Å². The van der Waals surface area contributed by atoms with Gasteiger partial charge in [0.1, 0.15) is 4.90 Å². The highest BCUT2D eigenvalue weighted by atomic mass is 79.9. The fraction of sp³-hybridized carbons (Fsp3) is 0.308. The van der Waals surface area contributed by atoms with Crippen molar-refractivity contribution in [3.05, 3.63) is 38.8 Å². The molecule has 0 fully saturated rings. The molecule has 2 rings (SSSR count). The second-order valence-electron chi connectivity index (χ2n) is 4.40. The fourth-order valence-corrected chi connectivity index (χ4v) is 5.09. The predicted molar refractivity (Wildman–Crippen MR) is 87.1 cm³/mol. The van der Waals surface area contributed by atoms with Crippen LogP contribution >= 0.6 is 27.3 Å². The van der Waals surface area contributed by atoms with Crippen LogP contribution in [0.15, 0.2) is 27.6 Å². The molecular weight excluding hydrogens is 376 g/mol. The monoisotopic (exact) mass is 390 g/mol. The molecule has 0 bridgehead atoms. The van der Waals surface area contributed by atoms with E-state index >= 15 is 0 Å². The van der Waals surface area contributed by atoms with Crippen LogP contribution in [0, 0.1) is 6.92 Å². The Morgan fingerprint density at radius 2 is 2.14 bits per heavy atom. The Labute approximate surface area is 136 Å². The van der Waals surface area contributed by atoms with Gasteiger partial charge in [-0.3, -0.25) is 4.72 Å². The van der Waals surface area contributed by atoms with E-state index in [1.165, 1.54) is 17.4 Å². The maximum absolute atomic E-state index is 12.4. The van der Waals surface area contributed by atoms with E-state index < -0.39 is 10.0 Å². The highest BCUT2D eigenvalue weighted by Gasteiger charge is 2.20. The number of hydrogen-bond acceptors (Lipinski definition) is 5. The minimum atomic E-state index is -3.71. The molecule has 1 aromatic carbocycles. The first-order chi connectivity index (χ1) is 9.87. The molecule has 0 unspecified atom stereocenters. The van der Waals surface area contributed by atoms with Crippen molar-refractivity contribution in [2.75, 3.05) is 4.72 Å². The molecule has 5 nitrogen and oxygen atoms in total. The van der Waals surface area contributed by atoms with Gasteiger partial charge in [-0.15, -0.1) is 11.3 Å². The van der Waals surface area contributed by atoms with Gasteiger partial charge in [0.2, 0.25) is 0 Å². The number of aromatic nitrogens is 1. The van der Waals surface area contributed by atoms with Crippen LogP contribution in [0.5, 0.6) is 0 Å². The first kappa shape index (κ1) is 16.4. The largest absolute Gasteiger partial charge is 0.392 e. The van der Waals surface area contributed by atoms with Crippen LogP contribution in [0.1, 0.15) is 23.1 Å². The van der Waals surface area contributed by atoms with Gasteiger partial charge < -0.3 is 5.11 Å². The van der Waals surface area contributed by atoms with Crippen LogP contribution in [0.25, 0.3) is 0 Å². The van der Waals surface area contributed by atoms with E-state index in [0.29, 0.717) is 15.2 Å². The third-order valence-electron chi connectivity index (χ3n) is 2.92. The molecule has 1 aromatic heterocycles. The third-order valence-corrected chi connectivity index (χ3v) is 6.29. The van der Waals surface area contributed by atoms with Gasteiger partial charge in [-0.2, -0.15) is 0 Å². The summed E-state index contributed by atoms with van der Waals surface area (Å²) in [5, 5.41) is 9.42. The zero-order valence-corrected chi connectivity index (χ0v) is 14.8. The second-order valence-corrected chi connectivity index (χ2v) is 8.11. The van der Waals surface area contributed by atoms with E-state index in [4.69, 9.17) is 5.11 Å². The number of benzene rings is 1. The smallest absolute Gasteiger partial charge is 0.264 e. The molecule has 114 valence electrons. The highest BCUT2D eigenvalue weighted by molar-refractivity contribution is 9.10. The number of hydrogen-bond donors (Lipinski definition) is 2. The van der Waals surface area contributed by atoms with Crippen LogP contribution < -0.4 is 4.72 Å². The zero-order chi connectivity index (χ0) is 15.6. The molecule has 2 aromatic rings. The Hall–Kier alpha value is -0.960. The zero-order valence-electron chi connectivity index (χ0n) is 11.6. The fourth-order valence-electron chi connectivity index (χ4n) is 1.83. The van der Waals surface area contributed by atoms with Gasteiger partial charge in [0, 0.05) is 9.35 Å². The quantitative estimate of drug-likeness (QED) is 0.821. The van der Waals surface area contributed by atoms with Crippen molar-refractivity contribution in [2.45, 2.75) is 31.8 Å². The number of rotatable bonds is 5. The van der Waals surface area contributed by atoms with Gasteiger partial charge >= 0.3 is 0 Å². The van der Waals surface area contributed by atoms with E-state index in [1.54, 1.807) is 12.1 Å². The average molecular weight is 391 g/mol. The number of aliphatic hydroxyl groups excluding tert-OH is 1. The van der Waals surface area contributed by atoms with Gasteiger partial charge in [-0.1, -0.05) is 13.0 Å². The standard InChI is InChI=1S/C13H15BrN2O3S2/c1-3-11-8(2)20-13(15-11)16-21(18,19)12-5-4-9(7-17)6-10(12)14/h4-6,17H,3,7H2,1-2H3,(H,15,16). The summed E-state index contributed by atoms with van der Waals surface area (Å²) < 4.78 is 27.7. The van der Waals surface area contributed by atoms with Gasteiger partial charge in [0.25, 0.3) is 10.0 Å². The number of sulfonamides is 1. The number of aliphatic hydroxyl groups is 1. The summed E-state index contributed by atoms with van der Waals surface area (Å²) in [7, 11) is -3.71. The first-order valence-electron chi connectivity index (χ1n) is 6.25. The van der Waals surface area contributed by atoms with Crippen LogP contribution in [0.2, 0.25) is 0 Å². The molecule has 0 amide bonds. The molecule has 8 heteroatoms. The Kier molecular flexibility index (Phi) is 5.03. The number of anilines is 1. The maximum atomic E-state index is 12.4. The lowest BCUT2D eigenvalue weighted by molar-refractivity contribution is 0.281. The number of halogens is 1. The summed E-state index contributed by atoms with van der Waals surface area (Å²) in [4.78, 5) is 5.40. The SMILES string of the molecule is CCc1nc(NS(=O)(=O)c2ccc(CO)cc2Br)sc1C. The lowest BCUT2D eigenvalue weighted by Crippen LogP contribution is -2.13. The van der Waals surface area contributed by atoms with Gasteiger partial charge in [0.15, 0.2) is 5.13 Å². The van der Waals surface area contributed by atoms with Gasteiger partial charge in [0.05, 0.1) is 12.3 Å². The summed E-state index contributed by atoms with van der Waals surface area (Å²) in [6, 6.07) is 4.61. The van der Waals surface area contributed by atoms with Crippen LogP contribution in [0.3, 0.4) is 0 Å². The van der Waals surface area contributed by atoms with Gasteiger partial charge in [-0.25, -0.2) is 13.4 Å². The van der Waals surface area contributed by atoms with E-state index in [-0.39, 0.29) is 11.5 Å². The van der Waals surface area contributed by atoms with Gasteiger partial charge in [-0.05, 0) is 47.0 Å². The molecule has 0 aliphatic heterocycles. The summed E-state index contributed by atoms with van der Waals surface area (Å²) in [5.74, 6) is 0. The van der Waals surface area contributed by atoms with Crippen molar-refractivity contribution in [1.29, 1.82) is 0 Å². The maximum Gasteiger partial charge on any atom is 0.264 e. The number of thiazole rings is 1. The molecule has 0 saturated carbocycles. The Morgan fingerprint density at radius 1 is 1.43 bits per heavy atom. The number of nitrogens with one attached hydrogen (secondary N) is 1. The molecule has 0 radical (unpaired) electrons. The van der Waals surface area contributed by atoms with Crippen molar-refractivity contribution >= 4 is 42.4 Å². The minimum Gasteiger partial charge on any atom is -0.392 e. The Balaban J connectivity index is 2.33. The van der Waals surface area contributed by atoms with E-state index in [9.17, 15) is 8.42 Å². The van der Waals surface area contributed by atoms with Crippen molar-refractivity contribution in [3.63, 3.8) is 0 Å². The molecular formula is C13H15BrN2O3S2. The molecule has 0 spiro atoms. The van der Waals surface area contributed by atoms with Crippen molar-refractivity contribution < 1.29 is 13.5 Å². The summed E-state index contributed by atoms with van der Waals surface area (Å²) in [6.45, 7) is 3.75. The molecule has 2 N–H and O–H groups in total. The highest BCUT2D eigenvalue weighted by Crippen LogP contribution is 2.28. The minimum absolute atomic E-state index is 0.116. The lowest BCUT2D eigenvalue weighted by atomic mass is 10.2. The van der Waals surface area contributed by atoms with Crippen LogP contribution in [-0.2, 0) is 23.1 Å². The Morgan fingerprint density at radius 3 is 2.67 bits per heavy atom. The molecule has 21 heavy (non-hydrogen) atoms. The number of aryl methyl sites for hydroxylation is 2. The molecule has 0 atom stereocenters. The topological polar surface area (TPSA) is 79.3 Å². The average Bonchev–Trinajstić information content (AvgIpc) is 2.77. The van der Waals surface area contributed by atoms with E-state index in [1.807, 2.05) is 13.8 Å². The lowest BCUT2D eigenvalue weighted by Gasteiger charge is -2.08. The summed E-state index contributed by atoms with van der Waals surface area (Å²) in [5.41, 5.74) is 1.53. The van der Waals surface area contributed by atoms with E-state index in [2.05, 4.69) is 25.6 Å². The molecule has 0 saturated heterocycles. The molecule has 0 aliphatic carbocycles. The van der Waals surface area contributed by atoms with Crippen LogP contribution in [-0.4, -0.2) is 18.5 Å². The van der Waals surface area contributed by atoms with E-state index in [0.717, 1.165) is 17.0 Å². The van der Waals surface area contributed by atoms with Crippen molar-refractivity contribution in [1.82, 2.24) is 4.98 Å². The predicted octanol–water partition coefficient (Wildman–Crippen LogP) is 3.07. The van der Waals surface area contributed by atoms with Crippen molar-refractivity contribution in [3.8, 4) is 0 Å². The summed E-state index contributed by atoms with van der Waals surface area (Å²) in [6.07, 6.45) is 0.763. The normalized spacial score (nSPS) is 11.6. The second kappa shape index (κ2) is 6.43. The first-order valence-corrected chi connectivity index (χ1v) is 9.35.